The molecule has 1 heterocycles. The van der Waals surface area contributed by atoms with Gasteiger partial charge in [-0.15, -0.1) is 0 Å². The number of nitrogens with one attached hydrogen (secondary N) is 1. The van der Waals surface area contributed by atoms with E-state index in [0.717, 1.165) is 4.90 Å². The van der Waals surface area contributed by atoms with Gasteiger partial charge in [0.15, 0.2) is 0 Å². The van der Waals surface area contributed by atoms with Crippen LogP contribution in [-0.2, 0) is 9.59 Å². The van der Waals surface area contributed by atoms with E-state index < -0.39 is 24.3 Å². The number of hydrogen-bond acceptors (Lipinski definition) is 3. The zero-order chi connectivity index (χ0) is 17.7. The van der Waals surface area contributed by atoms with Gasteiger partial charge < -0.3 is 10.2 Å². The summed E-state index contributed by atoms with van der Waals surface area (Å²) in [5.74, 6) is -1.77. The summed E-state index contributed by atoms with van der Waals surface area (Å²) in [6.45, 7) is 0.919. The van der Waals surface area contributed by atoms with Crippen LogP contribution in [0.4, 0.5) is 23.2 Å². The van der Waals surface area contributed by atoms with Gasteiger partial charge in [-0.3, -0.25) is 14.5 Å². The van der Waals surface area contributed by atoms with E-state index in [4.69, 9.17) is 0 Å². The molecule has 1 aliphatic heterocycles. The van der Waals surface area contributed by atoms with E-state index in [1.54, 1.807) is 11.0 Å². The van der Waals surface area contributed by atoms with Crippen molar-refractivity contribution in [2.24, 2.45) is 0 Å². The number of hydrogen-bond donors (Lipinski definition) is 1. The molecule has 0 radical (unpaired) electrons. The SMILES string of the molecule is O=C(CN1CCN(C(=O)CC(F)(F)F)CC1)Nc1cccc(F)c1. The highest BCUT2D eigenvalue weighted by atomic mass is 19.4. The Labute approximate surface area is 136 Å². The Morgan fingerprint density at radius 3 is 2.38 bits per heavy atom. The average Bonchev–Trinajstić information content (AvgIpc) is 2.46. The lowest BCUT2D eigenvalue weighted by molar-refractivity contribution is -0.162. The summed E-state index contributed by atoms with van der Waals surface area (Å²) < 4.78 is 49.7. The number of anilines is 1. The highest BCUT2D eigenvalue weighted by Crippen LogP contribution is 2.21. The first-order valence-corrected chi connectivity index (χ1v) is 7.35. The lowest BCUT2D eigenvalue weighted by Gasteiger charge is -2.34. The van der Waals surface area contributed by atoms with Gasteiger partial charge in [-0.05, 0) is 18.2 Å². The van der Waals surface area contributed by atoms with Crippen LogP contribution >= 0.6 is 0 Å². The molecule has 1 aromatic rings. The number of amides is 2. The van der Waals surface area contributed by atoms with E-state index >= 15 is 0 Å². The molecule has 0 atom stereocenters. The van der Waals surface area contributed by atoms with Gasteiger partial charge in [-0.1, -0.05) is 6.07 Å². The number of nitrogens with zero attached hydrogens (tertiary/aromatic N) is 2. The molecule has 1 saturated heterocycles. The summed E-state index contributed by atoms with van der Waals surface area (Å²) >= 11 is 0. The van der Waals surface area contributed by atoms with Crippen molar-refractivity contribution >= 4 is 17.5 Å². The van der Waals surface area contributed by atoms with Crippen LogP contribution in [-0.4, -0.2) is 60.5 Å². The van der Waals surface area contributed by atoms with Crippen molar-refractivity contribution in [3.8, 4) is 0 Å². The van der Waals surface area contributed by atoms with E-state index in [1.165, 1.54) is 18.2 Å². The molecule has 0 unspecified atom stereocenters. The molecule has 2 rings (SSSR count). The van der Waals surface area contributed by atoms with Gasteiger partial charge in [0.05, 0.1) is 6.54 Å². The smallest absolute Gasteiger partial charge is 0.340 e. The minimum absolute atomic E-state index is 0.0256. The molecule has 5 nitrogen and oxygen atoms in total. The minimum Gasteiger partial charge on any atom is -0.340 e. The largest absolute Gasteiger partial charge is 0.397 e. The lowest BCUT2D eigenvalue weighted by Crippen LogP contribution is -2.51. The Hall–Kier alpha value is -2.16. The normalized spacial score (nSPS) is 16.1. The summed E-state index contributed by atoms with van der Waals surface area (Å²) in [5, 5.41) is 2.55. The average molecular weight is 347 g/mol. The summed E-state index contributed by atoms with van der Waals surface area (Å²) in [6.07, 6.45) is -5.98. The maximum Gasteiger partial charge on any atom is 0.397 e. The second kappa shape index (κ2) is 7.61. The third-order valence-electron chi connectivity index (χ3n) is 3.55. The molecule has 24 heavy (non-hydrogen) atoms. The molecule has 2 amide bonds. The fraction of sp³-hybridized carbons (Fsp3) is 0.467. The monoisotopic (exact) mass is 347 g/mol. The Kier molecular flexibility index (Phi) is 5.76. The maximum atomic E-state index is 13.0. The number of halogens is 4. The first-order chi connectivity index (χ1) is 11.2. The first kappa shape index (κ1) is 18.2. The van der Waals surface area contributed by atoms with E-state index in [-0.39, 0.29) is 25.5 Å². The number of piperazine rings is 1. The molecule has 132 valence electrons. The van der Waals surface area contributed by atoms with E-state index in [9.17, 15) is 27.2 Å². The number of benzene rings is 1. The highest BCUT2D eigenvalue weighted by molar-refractivity contribution is 5.92. The molecule has 1 aliphatic rings. The van der Waals surface area contributed by atoms with Gasteiger partial charge in [0, 0.05) is 31.9 Å². The van der Waals surface area contributed by atoms with Crippen LogP contribution in [0.15, 0.2) is 24.3 Å². The van der Waals surface area contributed by atoms with Crippen molar-refractivity contribution in [2.75, 3.05) is 38.0 Å². The predicted molar refractivity (Wildman–Crippen MR) is 78.7 cm³/mol. The number of carbonyl (C=O) groups is 2. The predicted octanol–water partition coefficient (Wildman–Crippen LogP) is 1.86. The molecule has 0 saturated carbocycles. The number of rotatable bonds is 4. The lowest BCUT2D eigenvalue weighted by atomic mass is 10.2. The molecule has 0 aliphatic carbocycles. The zero-order valence-electron chi connectivity index (χ0n) is 12.8. The molecule has 9 heteroatoms. The third-order valence-corrected chi connectivity index (χ3v) is 3.55. The van der Waals surface area contributed by atoms with Crippen LogP contribution in [0.2, 0.25) is 0 Å². The first-order valence-electron chi connectivity index (χ1n) is 7.35. The van der Waals surface area contributed by atoms with Crippen LogP contribution in [0.5, 0.6) is 0 Å². The highest BCUT2D eigenvalue weighted by Gasteiger charge is 2.34. The summed E-state index contributed by atoms with van der Waals surface area (Å²) in [5.41, 5.74) is 0.332. The van der Waals surface area contributed by atoms with Gasteiger partial charge in [0.1, 0.15) is 12.2 Å². The van der Waals surface area contributed by atoms with Gasteiger partial charge in [0.25, 0.3) is 0 Å². The molecule has 0 spiro atoms. The zero-order valence-corrected chi connectivity index (χ0v) is 12.8. The van der Waals surface area contributed by atoms with Crippen LogP contribution < -0.4 is 5.32 Å². The van der Waals surface area contributed by atoms with Gasteiger partial charge in [-0.2, -0.15) is 13.2 Å². The Bertz CT molecular complexity index is 599. The Morgan fingerprint density at radius 1 is 1.12 bits per heavy atom. The van der Waals surface area contributed by atoms with Gasteiger partial charge in [-0.25, -0.2) is 4.39 Å². The van der Waals surface area contributed by atoms with Crippen LogP contribution in [0.25, 0.3) is 0 Å². The maximum absolute atomic E-state index is 13.0. The Morgan fingerprint density at radius 2 is 1.79 bits per heavy atom. The number of alkyl halides is 3. The summed E-state index contributed by atoms with van der Waals surface area (Å²) in [7, 11) is 0. The molecular formula is C15H17F4N3O2. The summed E-state index contributed by atoms with van der Waals surface area (Å²) in [6, 6.07) is 5.46. The van der Waals surface area contributed by atoms with Crippen molar-refractivity contribution in [3.05, 3.63) is 30.1 Å². The fourth-order valence-corrected chi connectivity index (χ4v) is 2.41. The third kappa shape index (κ3) is 5.80. The van der Waals surface area contributed by atoms with Crippen LogP contribution in [0, 0.1) is 5.82 Å². The molecule has 0 aromatic heterocycles. The second-order valence-corrected chi connectivity index (χ2v) is 5.51. The molecule has 0 bridgehead atoms. The molecule has 1 N–H and O–H groups in total. The van der Waals surface area contributed by atoms with Crippen molar-refractivity contribution in [1.29, 1.82) is 0 Å². The van der Waals surface area contributed by atoms with Gasteiger partial charge in [0.2, 0.25) is 11.8 Å². The van der Waals surface area contributed by atoms with Crippen molar-refractivity contribution in [2.45, 2.75) is 12.6 Å². The standard InChI is InChI=1S/C15H17F4N3O2/c16-11-2-1-3-12(8-11)20-13(23)10-21-4-6-22(7-5-21)14(24)9-15(17,18)19/h1-3,8H,4-7,9-10H2,(H,20,23). The van der Waals surface area contributed by atoms with E-state index in [2.05, 4.69) is 5.32 Å². The summed E-state index contributed by atoms with van der Waals surface area (Å²) in [4.78, 5) is 26.3. The molecule has 1 aromatic carbocycles. The Balaban J connectivity index is 1.76. The van der Waals surface area contributed by atoms with E-state index in [0.29, 0.717) is 18.8 Å². The van der Waals surface area contributed by atoms with Crippen LogP contribution in [0.1, 0.15) is 6.42 Å². The minimum atomic E-state index is -4.51. The van der Waals surface area contributed by atoms with Crippen molar-refractivity contribution < 1.29 is 27.2 Å². The van der Waals surface area contributed by atoms with Crippen molar-refractivity contribution in [1.82, 2.24) is 9.80 Å². The van der Waals surface area contributed by atoms with E-state index in [1.807, 2.05) is 0 Å². The van der Waals surface area contributed by atoms with Crippen molar-refractivity contribution in [3.63, 3.8) is 0 Å². The number of carbonyl (C=O) groups excluding carboxylic acids is 2. The van der Waals surface area contributed by atoms with Gasteiger partial charge >= 0.3 is 6.18 Å². The molecular weight excluding hydrogens is 330 g/mol. The molecule has 1 fully saturated rings. The topological polar surface area (TPSA) is 52.7 Å². The quantitative estimate of drug-likeness (QED) is 0.846. The van der Waals surface area contributed by atoms with Crippen LogP contribution in [0.3, 0.4) is 0 Å². The fourth-order valence-electron chi connectivity index (χ4n) is 2.41. The second-order valence-electron chi connectivity index (χ2n) is 5.51.